The Morgan fingerprint density at radius 1 is 0.514 bits per heavy atom. The van der Waals surface area contributed by atoms with Crippen molar-refractivity contribution in [3.8, 4) is 11.1 Å². The highest BCUT2D eigenvalue weighted by atomic mass is 15.2. The lowest BCUT2D eigenvalue weighted by Gasteiger charge is -2.42. The molecule has 74 heavy (non-hydrogen) atoms. The third kappa shape index (κ3) is 9.22. The first-order chi connectivity index (χ1) is 36.2. The van der Waals surface area contributed by atoms with Gasteiger partial charge in [-0.15, -0.1) is 0 Å². The van der Waals surface area contributed by atoms with Gasteiger partial charge in [0.2, 0.25) is 0 Å². The highest BCUT2D eigenvalue weighted by Gasteiger charge is 2.36. The largest absolute Gasteiger partial charge is 0.334 e. The average Bonchev–Trinajstić information content (AvgIpc) is 3.47. The van der Waals surface area contributed by atoms with E-state index in [9.17, 15) is 0 Å². The van der Waals surface area contributed by atoms with Crippen molar-refractivity contribution < 1.29 is 0 Å². The Labute approximate surface area is 443 Å². The number of rotatable bonds is 12. The molecule has 0 N–H and O–H groups in total. The summed E-state index contributed by atoms with van der Waals surface area (Å²) < 4.78 is 0. The van der Waals surface area contributed by atoms with Crippen LogP contribution in [-0.4, -0.2) is 0 Å². The summed E-state index contributed by atoms with van der Waals surface area (Å²) in [7, 11) is 0. The fourth-order valence-electron chi connectivity index (χ4n) is 14.0. The Bertz CT molecular complexity index is 3230. The SMILES string of the molecule is CC(C)(c1ccccc1)c1ccc(N(C2=CC=C(C3CCCCC3)CC2)c2cc3c(c4ccccc24)CC(N(C2=CCC(C(C)(C)c4ccccc4)C=C2)c2ccc(C4CCCCC4)cc2)c2ccccc2-3)cc1. The molecule has 2 fully saturated rings. The van der Waals surface area contributed by atoms with E-state index in [1.165, 1.54) is 148 Å². The molecule has 5 aliphatic carbocycles. The first kappa shape index (κ1) is 48.3. The Kier molecular flexibility index (Phi) is 13.4. The summed E-state index contributed by atoms with van der Waals surface area (Å²) in [6.45, 7) is 9.56. The van der Waals surface area contributed by atoms with Gasteiger partial charge in [0, 0.05) is 33.6 Å². The maximum atomic E-state index is 2.71. The van der Waals surface area contributed by atoms with Gasteiger partial charge in [0.05, 0.1) is 11.7 Å². The average molecular weight is 969 g/mol. The Morgan fingerprint density at radius 3 is 1.78 bits per heavy atom. The molecule has 5 aliphatic rings. The lowest BCUT2D eigenvalue weighted by molar-refractivity contribution is 0.381. The molecular weight excluding hydrogens is 893 g/mol. The van der Waals surface area contributed by atoms with Gasteiger partial charge in [-0.05, 0) is 167 Å². The summed E-state index contributed by atoms with van der Waals surface area (Å²) in [6, 6.07) is 62.9. The second kappa shape index (κ2) is 20.6. The van der Waals surface area contributed by atoms with Gasteiger partial charge < -0.3 is 9.80 Å². The van der Waals surface area contributed by atoms with Gasteiger partial charge in [-0.3, -0.25) is 0 Å². The van der Waals surface area contributed by atoms with Crippen LogP contribution in [0.1, 0.15) is 157 Å². The Morgan fingerprint density at radius 2 is 1.12 bits per heavy atom. The molecule has 2 heteroatoms. The number of hydrogen-bond donors (Lipinski definition) is 0. The number of fused-ring (bicyclic) bond motifs is 5. The van der Waals surface area contributed by atoms with Crippen LogP contribution in [0, 0.1) is 11.8 Å². The Balaban J connectivity index is 0.971. The highest BCUT2D eigenvalue weighted by Crippen LogP contribution is 2.52. The minimum absolute atomic E-state index is 0.00950. The van der Waals surface area contributed by atoms with Crippen LogP contribution in [0.2, 0.25) is 0 Å². The number of nitrogens with zero attached hydrogens (tertiary/aromatic N) is 2. The third-order valence-corrected chi connectivity index (χ3v) is 18.7. The predicted molar refractivity (Wildman–Crippen MR) is 315 cm³/mol. The van der Waals surface area contributed by atoms with E-state index in [1.54, 1.807) is 5.57 Å². The van der Waals surface area contributed by atoms with Crippen molar-refractivity contribution in [3.05, 3.63) is 245 Å². The van der Waals surface area contributed by atoms with E-state index in [1.807, 2.05) is 0 Å². The van der Waals surface area contributed by atoms with E-state index in [0.29, 0.717) is 11.8 Å². The topological polar surface area (TPSA) is 6.48 Å². The van der Waals surface area contributed by atoms with Gasteiger partial charge in [0.15, 0.2) is 0 Å². The maximum absolute atomic E-state index is 2.71. The molecule has 0 amide bonds. The van der Waals surface area contributed by atoms with Crippen LogP contribution in [0.4, 0.5) is 17.1 Å². The summed E-state index contributed by atoms with van der Waals surface area (Å²) in [5.41, 5.74) is 19.1. The van der Waals surface area contributed by atoms with Gasteiger partial charge in [-0.25, -0.2) is 0 Å². The molecule has 7 aromatic rings. The lowest BCUT2D eigenvalue weighted by Crippen LogP contribution is -2.34. The summed E-state index contributed by atoms with van der Waals surface area (Å²) in [5.74, 6) is 1.80. The fraction of sp³-hybridized carbons (Fsp3) is 0.333. The molecule has 0 aliphatic heterocycles. The van der Waals surface area contributed by atoms with E-state index in [0.717, 1.165) is 31.6 Å². The van der Waals surface area contributed by atoms with E-state index < -0.39 is 0 Å². The predicted octanol–water partition coefficient (Wildman–Crippen LogP) is 19.7. The maximum Gasteiger partial charge on any atom is 0.0638 e. The first-order valence-corrected chi connectivity index (χ1v) is 28.6. The summed E-state index contributed by atoms with van der Waals surface area (Å²) in [4.78, 5) is 5.35. The number of benzene rings is 7. The second-order valence-electron chi connectivity index (χ2n) is 23.6. The lowest BCUT2D eigenvalue weighted by atomic mass is 9.70. The molecular formula is C72H76N2. The van der Waals surface area contributed by atoms with E-state index >= 15 is 0 Å². The number of allylic oxidation sites excluding steroid dienone is 7. The molecule has 0 spiro atoms. The molecule has 0 heterocycles. The Hall–Kier alpha value is -6.64. The summed E-state index contributed by atoms with van der Waals surface area (Å²) in [5, 5.41) is 2.67. The zero-order chi connectivity index (χ0) is 50.2. The molecule has 0 radical (unpaired) electrons. The molecule has 0 bridgehead atoms. The van der Waals surface area contributed by atoms with Crippen molar-refractivity contribution in [1.29, 1.82) is 0 Å². The van der Waals surface area contributed by atoms with E-state index in [2.05, 4.69) is 232 Å². The molecule has 2 atom stereocenters. The van der Waals surface area contributed by atoms with Gasteiger partial charge >= 0.3 is 0 Å². The molecule has 2 nitrogen and oxygen atoms in total. The van der Waals surface area contributed by atoms with Crippen molar-refractivity contribution in [2.75, 3.05) is 9.80 Å². The first-order valence-electron chi connectivity index (χ1n) is 28.6. The molecule has 2 unspecified atom stereocenters. The van der Waals surface area contributed by atoms with Crippen LogP contribution in [0.5, 0.6) is 0 Å². The van der Waals surface area contributed by atoms with Crippen molar-refractivity contribution in [2.24, 2.45) is 11.8 Å². The molecule has 0 aromatic heterocycles. The van der Waals surface area contributed by atoms with Crippen molar-refractivity contribution in [3.63, 3.8) is 0 Å². The van der Waals surface area contributed by atoms with Crippen LogP contribution in [-0.2, 0) is 17.3 Å². The highest BCUT2D eigenvalue weighted by molar-refractivity contribution is 6.04. The summed E-state index contributed by atoms with van der Waals surface area (Å²) in [6.07, 6.45) is 30.1. The van der Waals surface area contributed by atoms with Gasteiger partial charge in [0.1, 0.15) is 0 Å². The minimum atomic E-state index is -0.125. The van der Waals surface area contributed by atoms with Crippen LogP contribution in [0.3, 0.4) is 0 Å². The van der Waals surface area contributed by atoms with E-state index in [4.69, 9.17) is 0 Å². The molecule has 0 saturated heterocycles. The van der Waals surface area contributed by atoms with Crippen molar-refractivity contribution in [2.45, 2.75) is 140 Å². The standard InChI is InChI=1S/C72H76N2/c1-71(2,55-25-13-7-14-26-55)57-37-45-61(46-38-57)73(59-41-33-53(34-42-59)51-21-9-5-10-22-51)69-49-67-64-30-18-20-32-66(64)70(50-68(67)63-29-17-19-31-65(63)69)74(60-43-35-54(36-44-60)52-23-11-6-12-24-52)62-47-39-58(40-48-62)72(3,4)56-27-15-8-16-28-56/h7-8,13-20,25-35,37,39-43,45-48,50-52,57,69H,5-6,9-12,21-24,36,38,44,49H2,1-4H3. The smallest absolute Gasteiger partial charge is 0.0638 e. The van der Waals surface area contributed by atoms with Gasteiger partial charge in [0.25, 0.3) is 0 Å². The third-order valence-electron chi connectivity index (χ3n) is 18.7. The second-order valence-corrected chi connectivity index (χ2v) is 23.6. The molecule has 12 rings (SSSR count). The van der Waals surface area contributed by atoms with Crippen LogP contribution >= 0.6 is 0 Å². The molecule has 2 saturated carbocycles. The van der Waals surface area contributed by atoms with Crippen LogP contribution in [0.15, 0.2) is 211 Å². The van der Waals surface area contributed by atoms with Crippen molar-refractivity contribution >= 4 is 27.8 Å². The van der Waals surface area contributed by atoms with E-state index in [-0.39, 0.29) is 16.9 Å². The minimum Gasteiger partial charge on any atom is -0.334 e. The van der Waals surface area contributed by atoms with Gasteiger partial charge in [-0.1, -0.05) is 223 Å². The zero-order valence-corrected chi connectivity index (χ0v) is 44.6. The summed E-state index contributed by atoms with van der Waals surface area (Å²) >= 11 is 0. The quantitative estimate of drug-likeness (QED) is 0.120. The van der Waals surface area contributed by atoms with Gasteiger partial charge in [-0.2, -0.15) is 0 Å². The van der Waals surface area contributed by atoms with Crippen LogP contribution in [0.25, 0.3) is 21.9 Å². The molecule has 374 valence electrons. The monoisotopic (exact) mass is 969 g/mol. The zero-order valence-electron chi connectivity index (χ0n) is 44.6. The van der Waals surface area contributed by atoms with Crippen LogP contribution < -0.4 is 9.80 Å². The fourth-order valence-corrected chi connectivity index (χ4v) is 14.0. The number of anilines is 3. The normalized spacial score (nSPS) is 19.5. The van der Waals surface area contributed by atoms with Crippen molar-refractivity contribution in [1.82, 2.24) is 0 Å². The number of hydrogen-bond acceptors (Lipinski definition) is 2. The molecule has 7 aromatic carbocycles.